The normalized spacial score (nSPS) is 13.6. The molecule has 108 valence electrons. The molecule has 0 saturated heterocycles. The number of hydrogen-bond acceptors (Lipinski definition) is 3. The maximum Gasteiger partial charge on any atom is 0.265 e. The summed E-state index contributed by atoms with van der Waals surface area (Å²) < 4.78 is 0. The number of nitrogens with one attached hydrogen (secondary N) is 1. The molecule has 0 bridgehead atoms. The number of thiophene rings is 1. The molecular formula is C17H17NO2S. The van der Waals surface area contributed by atoms with Gasteiger partial charge in [0.05, 0.1) is 9.75 Å². The van der Waals surface area contributed by atoms with Gasteiger partial charge in [-0.3, -0.25) is 9.59 Å². The summed E-state index contributed by atoms with van der Waals surface area (Å²) >= 11 is 1.24. The van der Waals surface area contributed by atoms with Crippen LogP contribution in [-0.2, 0) is 12.8 Å². The van der Waals surface area contributed by atoms with Crippen LogP contribution in [0.1, 0.15) is 50.2 Å². The van der Waals surface area contributed by atoms with Gasteiger partial charge in [-0.05, 0) is 61.9 Å². The number of rotatable bonds is 3. The van der Waals surface area contributed by atoms with Gasteiger partial charge in [0.15, 0.2) is 5.78 Å². The highest BCUT2D eigenvalue weighted by Gasteiger charge is 2.16. The van der Waals surface area contributed by atoms with Crippen molar-refractivity contribution in [3.05, 3.63) is 51.2 Å². The molecule has 1 aromatic carbocycles. The number of fused-ring (bicyclic) bond motifs is 1. The van der Waals surface area contributed by atoms with Crippen molar-refractivity contribution in [2.45, 2.75) is 32.6 Å². The van der Waals surface area contributed by atoms with E-state index in [2.05, 4.69) is 11.4 Å². The largest absolute Gasteiger partial charge is 0.321 e. The first kappa shape index (κ1) is 14.0. The van der Waals surface area contributed by atoms with Crippen LogP contribution in [0, 0.1) is 0 Å². The molecule has 3 nitrogen and oxygen atoms in total. The molecule has 1 heterocycles. The van der Waals surface area contributed by atoms with E-state index in [4.69, 9.17) is 0 Å². The smallest absolute Gasteiger partial charge is 0.265 e. The first-order chi connectivity index (χ1) is 10.1. The molecule has 1 aliphatic rings. The Bertz CT molecular complexity index is 703. The summed E-state index contributed by atoms with van der Waals surface area (Å²) in [6, 6.07) is 9.52. The highest BCUT2D eigenvalue weighted by atomic mass is 32.1. The van der Waals surface area contributed by atoms with Crippen molar-refractivity contribution in [2.75, 3.05) is 5.32 Å². The maximum absolute atomic E-state index is 12.3. The molecule has 1 amide bonds. The van der Waals surface area contributed by atoms with E-state index in [1.165, 1.54) is 42.2 Å². The van der Waals surface area contributed by atoms with Gasteiger partial charge in [-0.2, -0.15) is 0 Å². The average Bonchev–Trinajstić information content (AvgIpc) is 2.98. The molecule has 0 atom stereocenters. The summed E-state index contributed by atoms with van der Waals surface area (Å²) in [5.41, 5.74) is 3.52. The molecule has 1 aromatic heterocycles. The van der Waals surface area contributed by atoms with Crippen molar-refractivity contribution < 1.29 is 9.59 Å². The van der Waals surface area contributed by atoms with Gasteiger partial charge in [-0.15, -0.1) is 11.3 Å². The first-order valence-corrected chi connectivity index (χ1v) is 7.99. The van der Waals surface area contributed by atoms with Crippen LogP contribution < -0.4 is 5.32 Å². The predicted molar refractivity (Wildman–Crippen MR) is 85.4 cm³/mol. The third kappa shape index (κ3) is 2.90. The predicted octanol–water partition coefficient (Wildman–Crippen LogP) is 4.08. The molecule has 0 aliphatic heterocycles. The summed E-state index contributed by atoms with van der Waals surface area (Å²) in [5, 5.41) is 3.00. The number of aryl methyl sites for hydroxylation is 1. The molecule has 21 heavy (non-hydrogen) atoms. The standard InChI is InChI=1S/C17H17NO2S/c1-11(19)15-9-10-16(21-15)17(20)18-14-8-4-6-12-5-2-3-7-13(12)14/h4,6,8-10H,2-3,5,7H2,1H3,(H,18,20). The molecule has 2 aromatic rings. The highest BCUT2D eigenvalue weighted by molar-refractivity contribution is 7.16. The molecule has 4 heteroatoms. The highest BCUT2D eigenvalue weighted by Crippen LogP contribution is 2.28. The lowest BCUT2D eigenvalue weighted by Crippen LogP contribution is -2.14. The van der Waals surface area contributed by atoms with Crippen molar-refractivity contribution >= 4 is 28.7 Å². The Morgan fingerprint density at radius 2 is 1.81 bits per heavy atom. The number of amides is 1. The Balaban J connectivity index is 1.83. The van der Waals surface area contributed by atoms with Crippen molar-refractivity contribution in [1.82, 2.24) is 0 Å². The summed E-state index contributed by atoms with van der Waals surface area (Å²) in [4.78, 5) is 24.8. The van der Waals surface area contributed by atoms with Gasteiger partial charge in [0, 0.05) is 5.69 Å². The number of benzene rings is 1. The first-order valence-electron chi connectivity index (χ1n) is 7.18. The van der Waals surface area contributed by atoms with E-state index in [-0.39, 0.29) is 11.7 Å². The second kappa shape index (κ2) is 5.82. The third-order valence-corrected chi connectivity index (χ3v) is 5.01. The summed E-state index contributed by atoms with van der Waals surface area (Å²) in [5.74, 6) is -0.136. The van der Waals surface area contributed by atoms with E-state index < -0.39 is 0 Å². The Labute approximate surface area is 128 Å². The second-order valence-electron chi connectivity index (χ2n) is 5.32. The number of hydrogen-bond donors (Lipinski definition) is 1. The summed E-state index contributed by atoms with van der Waals surface area (Å²) in [6.45, 7) is 1.51. The van der Waals surface area contributed by atoms with Crippen molar-refractivity contribution in [1.29, 1.82) is 0 Å². The van der Waals surface area contributed by atoms with E-state index in [1.54, 1.807) is 12.1 Å². The zero-order chi connectivity index (χ0) is 14.8. The molecule has 0 radical (unpaired) electrons. The van der Waals surface area contributed by atoms with Crippen molar-refractivity contribution in [3.63, 3.8) is 0 Å². The number of anilines is 1. The molecular weight excluding hydrogens is 282 g/mol. The van der Waals surface area contributed by atoms with E-state index in [1.807, 2.05) is 12.1 Å². The van der Waals surface area contributed by atoms with Crippen LogP contribution in [0.25, 0.3) is 0 Å². The monoisotopic (exact) mass is 299 g/mol. The van der Waals surface area contributed by atoms with E-state index >= 15 is 0 Å². The minimum Gasteiger partial charge on any atom is -0.321 e. The average molecular weight is 299 g/mol. The Morgan fingerprint density at radius 3 is 2.57 bits per heavy atom. The maximum atomic E-state index is 12.3. The Morgan fingerprint density at radius 1 is 1.05 bits per heavy atom. The minimum absolute atomic E-state index is 0.00357. The van der Waals surface area contributed by atoms with Gasteiger partial charge >= 0.3 is 0 Å². The number of carbonyl (C=O) groups excluding carboxylic acids is 2. The third-order valence-electron chi connectivity index (χ3n) is 3.82. The minimum atomic E-state index is -0.133. The number of ketones is 1. The molecule has 0 spiro atoms. The lowest BCUT2D eigenvalue weighted by atomic mass is 9.90. The van der Waals surface area contributed by atoms with Gasteiger partial charge in [0.25, 0.3) is 5.91 Å². The van der Waals surface area contributed by atoms with Crippen LogP contribution in [0.5, 0.6) is 0 Å². The van der Waals surface area contributed by atoms with E-state index in [0.29, 0.717) is 9.75 Å². The van der Waals surface area contributed by atoms with Gasteiger partial charge in [-0.1, -0.05) is 12.1 Å². The van der Waals surface area contributed by atoms with Crippen LogP contribution in [0.3, 0.4) is 0 Å². The molecule has 1 aliphatic carbocycles. The van der Waals surface area contributed by atoms with E-state index in [9.17, 15) is 9.59 Å². The van der Waals surface area contributed by atoms with Crippen LogP contribution >= 0.6 is 11.3 Å². The summed E-state index contributed by atoms with van der Waals surface area (Å²) in [6.07, 6.45) is 4.51. The SMILES string of the molecule is CC(=O)c1ccc(C(=O)Nc2cccc3c2CCCC3)s1. The Hall–Kier alpha value is -1.94. The topological polar surface area (TPSA) is 46.2 Å². The zero-order valence-electron chi connectivity index (χ0n) is 11.9. The fourth-order valence-corrected chi connectivity index (χ4v) is 3.53. The lowest BCUT2D eigenvalue weighted by molar-refractivity contribution is 0.101. The Kier molecular flexibility index (Phi) is 3.88. The van der Waals surface area contributed by atoms with Crippen molar-refractivity contribution in [2.24, 2.45) is 0 Å². The van der Waals surface area contributed by atoms with Crippen LogP contribution in [0.15, 0.2) is 30.3 Å². The summed E-state index contributed by atoms with van der Waals surface area (Å²) in [7, 11) is 0. The van der Waals surface area contributed by atoms with Gasteiger partial charge in [-0.25, -0.2) is 0 Å². The fraction of sp³-hybridized carbons (Fsp3) is 0.294. The molecule has 0 saturated carbocycles. The van der Waals surface area contributed by atoms with Crippen LogP contribution in [0.4, 0.5) is 5.69 Å². The quantitative estimate of drug-likeness (QED) is 0.868. The van der Waals surface area contributed by atoms with Crippen LogP contribution in [0.2, 0.25) is 0 Å². The van der Waals surface area contributed by atoms with Gasteiger partial charge < -0.3 is 5.32 Å². The second-order valence-corrected chi connectivity index (χ2v) is 6.41. The van der Waals surface area contributed by atoms with Crippen molar-refractivity contribution in [3.8, 4) is 0 Å². The molecule has 3 rings (SSSR count). The van der Waals surface area contributed by atoms with Gasteiger partial charge in [0.2, 0.25) is 0 Å². The molecule has 0 fully saturated rings. The van der Waals surface area contributed by atoms with E-state index in [0.717, 1.165) is 18.5 Å². The zero-order valence-corrected chi connectivity index (χ0v) is 12.8. The lowest BCUT2D eigenvalue weighted by Gasteiger charge is -2.19. The van der Waals surface area contributed by atoms with Gasteiger partial charge in [0.1, 0.15) is 0 Å². The number of Topliss-reactive ketones (excluding diaryl/α,β-unsaturated/α-hetero) is 1. The molecule has 1 N–H and O–H groups in total. The molecule has 0 unspecified atom stereocenters. The fourth-order valence-electron chi connectivity index (χ4n) is 2.73. The number of carbonyl (C=O) groups is 2. The van der Waals surface area contributed by atoms with Crippen LogP contribution in [-0.4, -0.2) is 11.7 Å².